The normalized spacial score (nSPS) is 23.9. The number of likely N-dealkylation sites (tertiary alicyclic amines) is 1. The van der Waals surface area contributed by atoms with E-state index in [2.05, 4.69) is 30.5 Å². The van der Waals surface area contributed by atoms with E-state index in [0.29, 0.717) is 5.41 Å². The highest BCUT2D eigenvalue weighted by Gasteiger charge is 2.42. The van der Waals surface area contributed by atoms with Gasteiger partial charge in [-0.3, -0.25) is 9.98 Å². The second kappa shape index (κ2) is 8.62. The molecule has 128 valence electrons. The van der Waals surface area contributed by atoms with Crippen LogP contribution in [0.5, 0.6) is 0 Å². The molecule has 0 aliphatic carbocycles. The van der Waals surface area contributed by atoms with E-state index in [9.17, 15) is 0 Å². The topological polar surface area (TPSA) is 74.7 Å². The van der Waals surface area contributed by atoms with Gasteiger partial charge >= 0.3 is 0 Å². The van der Waals surface area contributed by atoms with Crippen molar-refractivity contribution in [1.82, 2.24) is 20.2 Å². The van der Waals surface area contributed by atoms with Crippen LogP contribution in [0.25, 0.3) is 0 Å². The van der Waals surface area contributed by atoms with Crippen LogP contribution in [0.3, 0.4) is 0 Å². The second-order valence-corrected chi connectivity index (χ2v) is 5.97. The lowest BCUT2D eigenvalue weighted by molar-refractivity contribution is 0.156. The van der Waals surface area contributed by atoms with Crippen molar-refractivity contribution in [2.75, 3.05) is 51.8 Å². The first-order valence-electron chi connectivity index (χ1n) is 7.85. The van der Waals surface area contributed by atoms with Gasteiger partial charge in [-0.05, 0) is 12.8 Å². The Morgan fingerprint density at radius 3 is 3.00 bits per heavy atom. The van der Waals surface area contributed by atoms with Gasteiger partial charge in [0.15, 0.2) is 5.96 Å². The number of guanidine groups is 1. The number of aromatic nitrogens is 2. The molecule has 23 heavy (non-hydrogen) atoms. The lowest BCUT2D eigenvalue weighted by atomic mass is 9.87. The van der Waals surface area contributed by atoms with Crippen LogP contribution in [-0.4, -0.2) is 67.3 Å². The predicted molar refractivity (Wildman–Crippen MR) is 101 cm³/mol. The minimum Gasteiger partial charge on any atom is -0.381 e. The van der Waals surface area contributed by atoms with Gasteiger partial charge in [-0.1, -0.05) is 0 Å². The summed E-state index contributed by atoms with van der Waals surface area (Å²) in [5, 5.41) is 6.65. The first-order chi connectivity index (χ1) is 10.8. The zero-order valence-electron chi connectivity index (χ0n) is 13.5. The number of rotatable bonds is 4. The average molecular weight is 432 g/mol. The van der Waals surface area contributed by atoms with E-state index in [4.69, 9.17) is 4.74 Å². The van der Waals surface area contributed by atoms with Gasteiger partial charge in [-0.25, -0.2) is 4.98 Å². The van der Waals surface area contributed by atoms with Crippen molar-refractivity contribution >= 4 is 35.8 Å². The molecule has 2 aliphatic heterocycles. The Morgan fingerprint density at radius 1 is 1.39 bits per heavy atom. The number of nitrogens with zero attached hydrogens (tertiary/aromatic N) is 4. The fraction of sp³-hybridized carbons (Fsp3) is 0.667. The summed E-state index contributed by atoms with van der Waals surface area (Å²) in [4.78, 5) is 15.0. The van der Waals surface area contributed by atoms with Gasteiger partial charge in [0.25, 0.3) is 0 Å². The van der Waals surface area contributed by atoms with E-state index in [1.807, 2.05) is 7.05 Å². The molecule has 1 spiro atoms. The van der Waals surface area contributed by atoms with Crippen molar-refractivity contribution in [2.45, 2.75) is 12.8 Å². The van der Waals surface area contributed by atoms with Crippen LogP contribution < -0.4 is 10.6 Å². The lowest BCUT2D eigenvalue weighted by Crippen LogP contribution is -2.43. The lowest BCUT2D eigenvalue weighted by Gasteiger charge is -2.25. The maximum atomic E-state index is 5.58. The van der Waals surface area contributed by atoms with Crippen LogP contribution in [0.15, 0.2) is 23.6 Å². The van der Waals surface area contributed by atoms with E-state index < -0.39 is 0 Å². The van der Waals surface area contributed by atoms with Crippen LogP contribution >= 0.6 is 24.0 Å². The molecule has 8 heteroatoms. The smallest absolute Gasteiger partial charge is 0.193 e. The first kappa shape index (κ1) is 18.2. The number of aliphatic imine (C=N–C) groups is 1. The Bertz CT molecular complexity index is 506. The number of ether oxygens (including phenoxy) is 1. The molecule has 1 aromatic heterocycles. The van der Waals surface area contributed by atoms with Crippen molar-refractivity contribution < 1.29 is 4.74 Å². The minimum absolute atomic E-state index is 0. The monoisotopic (exact) mass is 432 g/mol. The van der Waals surface area contributed by atoms with Crippen molar-refractivity contribution in [3.63, 3.8) is 0 Å². The fourth-order valence-corrected chi connectivity index (χ4v) is 3.17. The summed E-state index contributed by atoms with van der Waals surface area (Å²) in [7, 11) is 1.84. The van der Waals surface area contributed by atoms with Crippen molar-refractivity contribution in [2.24, 2.45) is 10.4 Å². The summed E-state index contributed by atoms with van der Waals surface area (Å²) in [6.45, 7) is 5.48. The van der Waals surface area contributed by atoms with Crippen LogP contribution in [0.4, 0.5) is 5.82 Å². The van der Waals surface area contributed by atoms with Crippen LogP contribution in [0.1, 0.15) is 12.8 Å². The molecule has 7 nitrogen and oxygen atoms in total. The molecule has 1 aromatic rings. The number of nitrogens with one attached hydrogen (secondary N) is 2. The van der Waals surface area contributed by atoms with E-state index in [-0.39, 0.29) is 24.0 Å². The summed E-state index contributed by atoms with van der Waals surface area (Å²) in [5.41, 5.74) is 0.357. The van der Waals surface area contributed by atoms with E-state index in [1.165, 1.54) is 12.8 Å². The highest BCUT2D eigenvalue weighted by Crippen LogP contribution is 2.38. The number of halogens is 1. The minimum atomic E-state index is 0. The Balaban J connectivity index is 0.00000192. The molecule has 2 fully saturated rings. The number of hydrogen-bond acceptors (Lipinski definition) is 5. The van der Waals surface area contributed by atoms with E-state index >= 15 is 0 Å². The molecule has 1 atom stereocenters. The summed E-state index contributed by atoms with van der Waals surface area (Å²) < 4.78 is 5.58. The van der Waals surface area contributed by atoms with E-state index in [1.54, 1.807) is 18.6 Å². The van der Waals surface area contributed by atoms with Gasteiger partial charge in [-0.15, -0.1) is 24.0 Å². The summed E-state index contributed by atoms with van der Waals surface area (Å²) >= 11 is 0. The van der Waals surface area contributed by atoms with Gasteiger partial charge in [0.1, 0.15) is 5.82 Å². The maximum Gasteiger partial charge on any atom is 0.193 e. The Kier molecular flexibility index (Phi) is 6.82. The van der Waals surface area contributed by atoms with Crippen molar-refractivity contribution in [3.05, 3.63) is 18.6 Å². The molecule has 2 saturated heterocycles. The molecule has 0 bridgehead atoms. The zero-order chi connectivity index (χ0) is 15.3. The van der Waals surface area contributed by atoms with Crippen molar-refractivity contribution in [3.8, 4) is 0 Å². The van der Waals surface area contributed by atoms with E-state index in [0.717, 1.165) is 51.2 Å². The zero-order valence-corrected chi connectivity index (χ0v) is 15.8. The van der Waals surface area contributed by atoms with Crippen LogP contribution in [0.2, 0.25) is 0 Å². The molecular weight excluding hydrogens is 407 g/mol. The number of anilines is 1. The molecular formula is C15H25IN6O. The maximum absolute atomic E-state index is 5.58. The third kappa shape index (κ3) is 4.66. The van der Waals surface area contributed by atoms with Gasteiger partial charge in [0.2, 0.25) is 0 Å². The molecule has 0 amide bonds. The third-order valence-electron chi connectivity index (χ3n) is 4.41. The summed E-state index contributed by atoms with van der Waals surface area (Å²) in [6.07, 6.45) is 7.45. The highest BCUT2D eigenvalue weighted by molar-refractivity contribution is 14.0. The largest absolute Gasteiger partial charge is 0.381 e. The van der Waals surface area contributed by atoms with Crippen LogP contribution in [0, 0.1) is 5.41 Å². The van der Waals surface area contributed by atoms with Gasteiger partial charge in [0, 0.05) is 57.6 Å². The molecule has 0 radical (unpaired) electrons. The summed E-state index contributed by atoms with van der Waals surface area (Å²) in [6, 6.07) is 0. The summed E-state index contributed by atoms with van der Waals surface area (Å²) in [5.74, 6) is 1.77. The standard InChI is InChI=1S/C15H24N6O.HI/c1-16-14(20-7-6-19-13-10-17-4-5-18-13)21-8-2-15(11-21)3-9-22-12-15;/h4-5,10H,2-3,6-9,11-12H2,1H3,(H,16,20)(H,18,19);1H. The molecule has 0 saturated carbocycles. The van der Waals surface area contributed by atoms with Crippen molar-refractivity contribution in [1.29, 1.82) is 0 Å². The molecule has 2 N–H and O–H groups in total. The highest BCUT2D eigenvalue weighted by atomic mass is 127. The number of hydrogen-bond donors (Lipinski definition) is 2. The average Bonchev–Trinajstić information content (AvgIpc) is 3.19. The molecule has 2 aliphatic rings. The molecule has 1 unspecified atom stereocenters. The quantitative estimate of drug-likeness (QED) is 0.323. The second-order valence-electron chi connectivity index (χ2n) is 5.97. The third-order valence-corrected chi connectivity index (χ3v) is 4.41. The predicted octanol–water partition coefficient (Wildman–Crippen LogP) is 1.19. The first-order valence-corrected chi connectivity index (χ1v) is 7.85. The SMILES string of the molecule is CN=C(NCCNc1cnccn1)N1CCC2(CCOC2)C1.I. The Hall–Kier alpha value is -1.16. The fourth-order valence-electron chi connectivity index (χ4n) is 3.17. The molecule has 3 rings (SSSR count). The van der Waals surface area contributed by atoms with Gasteiger partial charge in [0.05, 0.1) is 12.8 Å². The Morgan fingerprint density at radius 2 is 2.30 bits per heavy atom. The van der Waals surface area contributed by atoms with Crippen LogP contribution in [-0.2, 0) is 4.74 Å². The molecule has 3 heterocycles. The van der Waals surface area contributed by atoms with Gasteiger partial charge < -0.3 is 20.3 Å². The Labute approximate surface area is 154 Å². The van der Waals surface area contributed by atoms with Gasteiger partial charge in [-0.2, -0.15) is 0 Å². The molecule has 0 aromatic carbocycles.